The van der Waals surface area contributed by atoms with Crippen LogP contribution in [0.25, 0.3) is 0 Å². The van der Waals surface area contributed by atoms with Crippen LogP contribution in [0.3, 0.4) is 0 Å². The zero-order valence-electron chi connectivity index (χ0n) is 14.3. The number of aliphatic hydroxyl groups excluding tert-OH is 1. The van der Waals surface area contributed by atoms with Crippen molar-refractivity contribution in [3.8, 4) is 0 Å². The maximum absolute atomic E-state index is 10.5. The molecular weight excluding hydrogens is 258 g/mol. The van der Waals surface area contributed by atoms with E-state index >= 15 is 0 Å². The number of hydrogen-bond acceptors (Lipinski definition) is 2. The molecule has 1 saturated heterocycles. The highest BCUT2D eigenvalue weighted by Gasteiger charge is 2.29. The first-order valence-electron chi connectivity index (χ1n) is 8.24. The first-order chi connectivity index (χ1) is 9.75. The van der Waals surface area contributed by atoms with Gasteiger partial charge in [-0.05, 0) is 56.7 Å². The minimum atomic E-state index is -0.366. The van der Waals surface area contributed by atoms with Crippen LogP contribution in [0.4, 0.5) is 0 Å². The second kappa shape index (κ2) is 6.50. The van der Waals surface area contributed by atoms with E-state index in [2.05, 4.69) is 57.7 Å². The lowest BCUT2D eigenvalue weighted by Crippen LogP contribution is -2.39. The van der Waals surface area contributed by atoms with Gasteiger partial charge in [0.2, 0.25) is 0 Å². The summed E-state index contributed by atoms with van der Waals surface area (Å²) in [5, 5.41) is 10.5. The third-order valence-corrected chi connectivity index (χ3v) is 4.87. The summed E-state index contributed by atoms with van der Waals surface area (Å²) < 4.78 is 0. The molecule has 0 aromatic heterocycles. The molecule has 0 saturated carbocycles. The summed E-state index contributed by atoms with van der Waals surface area (Å²) in [6.45, 7) is 14.2. The Labute approximate surface area is 130 Å². The molecule has 1 aromatic carbocycles. The summed E-state index contributed by atoms with van der Waals surface area (Å²) in [6, 6.07) is 6.38. The van der Waals surface area contributed by atoms with E-state index in [-0.39, 0.29) is 6.10 Å². The SMILES string of the molecule is Cc1cc(C)cc(C(O)CN2CCC(C(C)(C)C)CC2)c1. The quantitative estimate of drug-likeness (QED) is 0.905. The van der Waals surface area contributed by atoms with Crippen LogP contribution in [0.15, 0.2) is 18.2 Å². The third kappa shape index (κ3) is 4.55. The highest BCUT2D eigenvalue weighted by molar-refractivity contribution is 5.30. The van der Waals surface area contributed by atoms with Gasteiger partial charge in [0.25, 0.3) is 0 Å². The van der Waals surface area contributed by atoms with Crippen molar-refractivity contribution in [3.05, 3.63) is 34.9 Å². The van der Waals surface area contributed by atoms with Gasteiger partial charge in [0, 0.05) is 6.54 Å². The predicted octanol–water partition coefficient (Wildman–Crippen LogP) is 4.09. The summed E-state index contributed by atoms with van der Waals surface area (Å²) in [5.74, 6) is 0.812. The monoisotopic (exact) mass is 289 g/mol. The van der Waals surface area contributed by atoms with Crippen molar-refractivity contribution in [1.82, 2.24) is 4.90 Å². The van der Waals surface area contributed by atoms with Gasteiger partial charge >= 0.3 is 0 Å². The Hall–Kier alpha value is -0.860. The number of β-amino-alcohol motifs (C(OH)–C–C–N with tert-alkyl or cyclic N) is 1. The van der Waals surface area contributed by atoms with Gasteiger partial charge in [-0.3, -0.25) is 0 Å². The van der Waals surface area contributed by atoms with Crippen molar-refractivity contribution in [2.45, 2.75) is 53.6 Å². The number of likely N-dealkylation sites (tertiary alicyclic amines) is 1. The number of piperidine rings is 1. The smallest absolute Gasteiger partial charge is 0.0917 e. The second-order valence-corrected chi connectivity index (χ2v) is 7.88. The zero-order chi connectivity index (χ0) is 15.6. The van der Waals surface area contributed by atoms with E-state index in [4.69, 9.17) is 0 Å². The van der Waals surface area contributed by atoms with Gasteiger partial charge in [0.15, 0.2) is 0 Å². The maximum atomic E-state index is 10.5. The Morgan fingerprint density at radius 2 is 1.62 bits per heavy atom. The highest BCUT2D eigenvalue weighted by atomic mass is 16.3. The minimum absolute atomic E-state index is 0.366. The standard InChI is InChI=1S/C19H31NO/c1-14-10-15(2)12-16(11-14)18(21)13-20-8-6-17(7-9-20)19(3,4)5/h10-12,17-18,21H,6-9,13H2,1-5H3. The van der Waals surface area contributed by atoms with Crippen LogP contribution in [0, 0.1) is 25.2 Å². The summed E-state index contributed by atoms with van der Waals surface area (Å²) in [6.07, 6.45) is 2.14. The maximum Gasteiger partial charge on any atom is 0.0917 e. The summed E-state index contributed by atoms with van der Waals surface area (Å²) >= 11 is 0. The van der Waals surface area contributed by atoms with Crippen LogP contribution in [0.5, 0.6) is 0 Å². The lowest BCUT2D eigenvalue weighted by molar-refractivity contribution is 0.0652. The molecule has 2 heteroatoms. The van der Waals surface area contributed by atoms with Crippen molar-refractivity contribution in [2.24, 2.45) is 11.3 Å². The Bertz CT molecular complexity index is 447. The number of rotatable bonds is 3. The first-order valence-corrected chi connectivity index (χ1v) is 8.24. The van der Waals surface area contributed by atoms with Gasteiger partial charge in [0.05, 0.1) is 6.10 Å². The minimum Gasteiger partial charge on any atom is -0.387 e. The van der Waals surface area contributed by atoms with E-state index in [1.54, 1.807) is 0 Å². The molecule has 1 aliphatic rings. The van der Waals surface area contributed by atoms with Crippen LogP contribution in [0.2, 0.25) is 0 Å². The molecule has 118 valence electrons. The zero-order valence-corrected chi connectivity index (χ0v) is 14.3. The summed E-state index contributed by atoms with van der Waals surface area (Å²) in [5.41, 5.74) is 3.94. The van der Waals surface area contributed by atoms with E-state index in [1.807, 2.05) is 0 Å². The van der Waals surface area contributed by atoms with Crippen molar-refractivity contribution in [2.75, 3.05) is 19.6 Å². The second-order valence-electron chi connectivity index (χ2n) is 7.88. The van der Waals surface area contributed by atoms with Crippen LogP contribution in [-0.4, -0.2) is 29.6 Å². The molecule has 0 bridgehead atoms. The Kier molecular flexibility index (Phi) is 5.11. The summed E-state index contributed by atoms with van der Waals surface area (Å²) in [4.78, 5) is 2.42. The average molecular weight is 289 g/mol. The molecule has 1 unspecified atom stereocenters. The molecule has 2 rings (SSSR count). The largest absolute Gasteiger partial charge is 0.387 e. The van der Waals surface area contributed by atoms with Gasteiger partial charge in [0.1, 0.15) is 0 Å². The summed E-state index contributed by atoms with van der Waals surface area (Å²) in [7, 11) is 0. The average Bonchev–Trinajstić information content (AvgIpc) is 2.37. The first kappa shape index (κ1) is 16.5. The number of hydrogen-bond donors (Lipinski definition) is 1. The molecule has 1 fully saturated rings. The number of benzene rings is 1. The molecule has 0 amide bonds. The highest BCUT2D eigenvalue weighted by Crippen LogP contribution is 2.34. The van der Waals surface area contributed by atoms with Gasteiger partial charge in [-0.2, -0.15) is 0 Å². The van der Waals surface area contributed by atoms with E-state index in [0.717, 1.165) is 31.1 Å². The Morgan fingerprint density at radius 3 is 2.10 bits per heavy atom. The van der Waals surface area contributed by atoms with Crippen LogP contribution in [-0.2, 0) is 0 Å². The van der Waals surface area contributed by atoms with Crippen molar-refractivity contribution < 1.29 is 5.11 Å². The van der Waals surface area contributed by atoms with Gasteiger partial charge in [-0.15, -0.1) is 0 Å². The number of aliphatic hydroxyl groups is 1. The van der Waals surface area contributed by atoms with Crippen molar-refractivity contribution >= 4 is 0 Å². The lowest BCUT2D eigenvalue weighted by atomic mass is 9.75. The molecule has 1 atom stereocenters. The molecule has 21 heavy (non-hydrogen) atoms. The fraction of sp³-hybridized carbons (Fsp3) is 0.684. The molecule has 1 heterocycles. The molecule has 2 nitrogen and oxygen atoms in total. The van der Waals surface area contributed by atoms with Gasteiger partial charge in [-0.1, -0.05) is 50.1 Å². The normalized spacial score (nSPS) is 19.7. The molecule has 1 N–H and O–H groups in total. The fourth-order valence-corrected chi connectivity index (χ4v) is 3.53. The van der Waals surface area contributed by atoms with E-state index < -0.39 is 0 Å². The molecule has 0 spiro atoms. The van der Waals surface area contributed by atoms with Crippen LogP contribution >= 0.6 is 0 Å². The molecule has 0 aliphatic carbocycles. The lowest BCUT2D eigenvalue weighted by Gasteiger charge is -2.39. The number of aryl methyl sites for hydroxylation is 2. The van der Waals surface area contributed by atoms with E-state index in [9.17, 15) is 5.11 Å². The molecular formula is C19H31NO. The topological polar surface area (TPSA) is 23.5 Å². The van der Waals surface area contributed by atoms with E-state index in [1.165, 1.54) is 24.0 Å². The van der Waals surface area contributed by atoms with Crippen molar-refractivity contribution in [3.63, 3.8) is 0 Å². The Morgan fingerprint density at radius 1 is 1.10 bits per heavy atom. The molecule has 0 radical (unpaired) electrons. The molecule has 1 aliphatic heterocycles. The number of nitrogens with zero attached hydrogens (tertiary/aromatic N) is 1. The predicted molar refractivity (Wildman–Crippen MR) is 89.5 cm³/mol. The van der Waals surface area contributed by atoms with Gasteiger partial charge in [-0.25, -0.2) is 0 Å². The Balaban J connectivity index is 1.91. The van der Waals surface area contributed by atoms with Crippen LogP contribution in [0.1, 0.15) is 56.4 Å². The molecule has 1 aromatic rings. The van der Waals surface area contributed by atoms with E-state index in [0.29, 0.717) is 5.41 Å². The van der Waals surface area contributed by atoms with Crippen molar-refractivity contribution in [1.29, 1.82) is 0 Å². The van der Waals surface area contributed by atoms with Crippen LogP contribution < -0.4 is 0 Å². The third-order valence-electron chi connectivity index (χ3n) is 4.87. The fourth-order valence-electron chi connectivity index (χ4n) is 3.53. The van der Waals surface area contributed by atoms with Gasteiger partial charge < -0.3 is 10.0 Å².